The van der Waals surface area contributed by atoms with Crippen molar-refractivity contribution in [3.05, 3.63) is 54.1 Å². The number of aromatic hydroxyl groups is 1. The van der Waals surface area contributed by atoms with Crippen molar-refractivity contribution in [3.8, 4) is 5.75 Å². The largest absolute Gasteiger partial charge is 0.507 e. The highest BCUT2D eigenvalue weighted by atomic mass is 16.5. The number of carbonyl (C=O) groups excluding carboxylic acids is 2. The Morgan fingerprint density at radius 1 is 1.15 bits per heavy atom. The van der Waals surface area contributed by atoms with Gasteiger partial charge >= 0.3 is 5.97 Å². The molecule has 2 aromatic rings. The van der Waals surface area contributed by atoms with Gasteiger partial charge in [0, 0.05) is 23.3 Å². The second-order valence-electron chi connectivity index (χ2n) is 7.10. The number of fused-ring (bicyclic) bond motifs is 1. The lowest BCUT2D eigenvalue weighted by Gasteiger charge is -2.28. The SMILES string of the molecule is C=C(C)C(=O)OC1CCCC(C(=O)Cc2cccc3c(O)cccc23)C1. The Bertz CT molecular complexity index is 852. The third-order valence-corrected chi connectivity index (χ3v) is 5.06. The minimum Gasteiger partial charge on any atom is -0.507 e. The summed E-state index contributed by atoms with van der Waals surface area (Å²) < 4.78 is 5.45. The van der Waals surface area contributed by atoms with Gasteiger partial charge in [0.05, 0.1) is 0 Å². The molecule has 1 fully saturated rings. The fourth-order valence-electron chi connectivity index (χ4n) is 3.64. The third kappa shape index (κ3) is 3.96. The van der Waals surface area contributed by atoms with Crippen LogP contribution in [0.15, 0.2) is 48.6 Å². The van der Waals surface area contributed by atoms with Crippen LogP contribution in [0.5, 0.6) is 5.75 Å². The molecular weight excluding hydrogens is 328 g/mol. The predicted molar refractivity (Wildman–Crippen MR) is 101 cm³/mol. The number of ether oxygens (including phenoxy) is 1. The van der Waals surface area contributed by atoms with Gasteiger partial charge in [-0.15, -0.1) is 0 Å². The van der Waals surface area contributed by atoms with Crippen molar-refractivity contribution < 1.29 is 19.4 Å². The van der Waals surface area contributed by atoms with Crippen molar-refractivity contribution in [1.82, 2.24) is 0 Å². The van der Waals surface area contributed by atoms with Crippen molar-refractivity contribution in [3.63, 3.8) is 0 Å². The molecule has 4 heteroatoms. The van der Waals surface area contributed by atoms with Crippen LogP contribution in [-0.2, 0) is 20.7 Å². The first kappa shape index (κ1) is 18.2. The standard InChI is InChI=1S/C22H24O4/c1-14(2)22(25)26-17-8-3-7-16(12-17)21(24)13-15-6-4-10-19-18(15)9-5-11-20(19)23/h4-6,9-11,16-17,23H,1,3,7-8,12-13H2,2H3. The van der Waals surface area contributed by atoms with Crippen LogP contribution in [-0.4, -0.2) is 23.0 Å². The number of hydrogen-bond acceptors (Lipinski definition) is 4. The lowest BCUT2D eigenvalue weighted by atomic mass is 9.82. The Morgan fingerprint density at radius 3 is 2.65 bits per heavy atom. The predicted octanol–water partition coefficient (Wildman–Crippen LogP) is 4.34. The second kappa shape index (κ2) is 7.73. The van der Waals surface area contributed by atoms with Crippen LogP contribution in [0.3, 0.4) is 0 Å². The number of Topliss-reactive ketones (excluding diaryl/α,β-unsaturated/α-hetero) is 1. The molecule has 2 atom stereocenters. The molecule has 1 aliphatic rings. The second-order valence-corrected chi connectivity index (χ2v) is 7.10. The monoisotopic (exact) mass is 352 g/mol. The van der Waals surface area contributed by atoms with Gasteiger partial charge in [-0.1, -0.05) is 36.9 Å². The van der Waals surface area contributed by atoms with Gasteiger partial charge in [0.25, 0.3) is 0 Å². The number of benzene rings is 2. The van der Waals surface area contributed by atoms with E-state index in [2.05, 4.69) is 6.58 Å². The van der Waals surface area contributed by atoms with Crippen LogP contribution in [0.1, 0.15) is 38.2 Å². The normalized spacial score (nSPS) is 19.9. The summed E-state index contributed by atoms with van der Waals surface area (Å²) in [5.74, 6) is -0.0926. The highest BCUT2D eigenvalue weighted by Gasteiger charge is 2.29. The smallest absolute Gasteiger partial charge is 0.333 e. The molecule has 2 aromatic carbocycles. The van der Waals surface area contributed by atoms with E-state index in [1.807, 2.05) is 24.3 Å². The van der Waals surface area contributed by atoms with Crippen LogP contribution in [0.2, 0.25) is 0 Å². The first-order valence-electron chi connectivity index (χ1n) is 9.04. The van der Waals surface area contributed by atoms with Crippen LogP contribution < -0.4 is 0 Å². The molecule has 0 spiro atoms. The molecule has 1 aliphatic carbocycles. The topological polar surface area (TPSA) is 63.6 Å². The highest BCUT2D eigenvalue weighted by Crippen LogP contribution is 2.31. The zero-order valence-corrected chi connectivity index (χ0v) is 15.0. The van der Waals surface area contributed by atoms with Gasteiger partial charge in [-0.25, -0.2) is 4.79 Å². The quantitative estimate of drug-likeness (QED) is 0.642. The number of esters is 1. The average Bonchev–Trinajstić information content (AvgIpc) is 2.62. The summed E-state index contributed by atoms with van der Waals surface area (Å²) in [5.41, 5.74) is 1.30. The van der Waals surface area contributed by atoms with Gasteiger partial charge < -0.3 is 9.84 Å². The summed E-state index contributed by atoms with van der Waals surface area (Å²) in [6.07, 6.45) is 3.20. The Labute approximate surface area is 153 Å². The first-order valence-corrected chi connectivity index (χ1v) is 9.04. The zero-order chi connectivity index (χ0) is 18.7. The molecule has 3 rings (SSSR count). The molecule has 0 radical (unpaired) electrons. The van der Waals surface area contributed by atoms with Crippen molar-refractivity contribution >= 4 is 22.5 Å². The molecule has 1 saturated carbocycles. The molecule has 4 nitrogen and oxygen atoms in total. The molecule has 0 saturated heterocycles. The molecule has 0 aliphatic heterocycles. The van der Waals surface area contributed by atoms with Crippen LogP contribution in [0.4, 0.5) is 0 Å². The summed E-state index contributed by atoms with van der Waals surface area (Å²) in [5, 5.41) is 11.7. The molecule has 0 aromatic heterocycles. The number of phenols is 1. The Kier molecular flexibility index (Phi) is 5.40. The van der Waals surface area contributed by atoms with E-state index in [0.717, 1.165) is 35.6 Å². The third-order valence-electron chi connectivity index (χ3n) is 5.06. The Hall–Kier alpha value is -2.62. The summed E-state index contributed by atoms with van der Waals surface area (Å²) in [6, 6.07) is 11.0. The number of rotatable bonds is 5. The lowest BCUT2D eigenvalue weighted by Crippen LogP contribution is -2.30. The first-order chi connectivity index (χ1) is 12.5. The zero-order valence-electron chi connectivity index (χ0n) is 15.0. The maximum atomic E-state index is 12.8. The maximum Gasteiger partial charge on any atom is 0.333 e. The average molecular weight is 352 g/mol. The van der Waals surface area contributed by atoms with Gasteiger partial charge in [-0.3, -0.25) is 4.79 Å². The summed E-state index contributed by atoms with van der Waals surface area (Å²) in [4.78, 5) is 24.6. The summed E-state index contributed by atoms with van der Waals surface area (Å²) >= 11 is 0. The maximum absolute atomic E-state index is 12.8. The Morgan fingerprint density at radius 2 is 1.88 bits per heavy atom. The van der Waals surface area contributed by atoms with E-state index in [4.69, 9.17) is 4.74 Å². The fraction of sp³-hybridized carbons (Fsp3) is 0.364. The van der Waals surface area contributed by atoms with Gasteiger partial charge in [-0.05, 0) is 49.6 Å². The van der Waals surface area contributed by atoms with Gasteiger partial charge in [0.15, 0.2) is 0 Å². The molecule has 2 unspecified atom stereocenters. The number of ketones is 1. The molecule has 26 heavy (non-hydrogen) atoms. The molecule has 0 heterocycles. The van der Waals surface area contributed by atoms with Gasteiger partial charge in [-0.2, -0.15) is 0 Å². The summed E-state index contributed by atoms with van der Waals surface area (Å²) in [7, 11) is 0. The van der Waals surface area contributed by atoms with E-state index < -0.39 is 0 Å². The van der Waals surface area contributed by atoms with Gasteiger partial charge in [0.1, 0.15) is 17.6 Å². The van der Waals surface area contributed by atoms with Crippen LogP contribution in [0, 0.1) is 5.92 Å². The van der Waals surface area contributed by atoms with E-state index >= 15 is 0 Å². The van der Waals surface area contributed by atoms with E-state index in [1.54, 1.807) is 19.1 Å². The highest BCUT2D eigenvalue weighted by molar-refractivity contribution is 5.94. The molecular formula is C22H24O4. The van der Waals surface area contributed by atoms with Crippen molar-refractivity contribution in [1.29, 1.82) is 0 Å². The van der Waals surface area contributed by atoms with E-state index in [-0.39, 0.29) is 29.5 Å². The van der Waals surface area contributed by atoms with Crippen molar-refractivity contribution in [2.75, 3.05) is 0 Å². The summed E-state index contributed by atoms with van der Waals surface area (Å²) in [6.45, 7) is 5.23. The Balaban J connectivity index is 1.71. The minimum absolute atomic E-state index is 0.0979. The number of carbonyl (C=O) groups is 2. The van der Waals surface area contributed by atoms with Crippen LogP contribution in [0.25, 0.3) is 10.8 Å². The van der Waals surface area contributed by atoms with E-state index in [9.17, 15) is 14.7 Å². The minimum atomic E-state index is -0.382. The van der Waals surface area contributed by atoms with E-state index in [1.165, 1.54) is 0 Å². The van der Waals surface area contributed by atoms with E-state index in [0.29, 0.717) is 18.4 Å². The molecule has 0 amide bonds. The van der Waals surface area contributed by atoms with Crippen LogP contribution >= 0.6 is 0 Å². The van der Waals surface area contributed by atoms with Gasteiger partial charge in [0.2, 0.25) is 0 Å². The molecule has 0 bridgehead atoms. The van der Waals surface area contributed by atoms with Crippen molar-refractivity contribution in [2.24, 2.45) is 5.92 Å². The number of hydrogen-bond donors (Lipinski definition) is 1. The number of phenolic OH excluding ortho intramolecular Hbond substituents is 1. The molecule has 136 valence electrons. The van der Waals surface area contributed by atoms with Crippen molar-refractivity contribution in [2.45, 2.75) is 45.1 Å². The fourth-order valence-corrected chi connectivity index (χ4v) is 3.64. The molecule has 1 N–H and O–H groups in total. The lowest BCUT2D eigenvalue weighted by molar-refractivity contribution is -0.147.